The fourth-order valence-electron chi connectivity index (χ4n) is 5.29. The molecule has 0 saturated heterocycles. The molecule has 0 radical (unpaired) electrons. The van der Waals surface area contributed by atoms with Crippen molar-refractivity contribution < 1.29 is 24.2 Å². The highest BCUT2D eigenvalue weighted by Gasteiger charge is 2.31. The second-order valence-corrected chi connectivity index (χ2v) is 10.9. The molecule has 0 aromatic heterocycles. The average Bonchev–Trinajstić information content (AvgIpc) is 2.83. The maximum absolute atomic E-state index is 12.9. The second kappa shape index (κ2) is 10.1. The molecule has 4 rings (SSSR count). The van der Waals surface area contributed by atoms with Gasteiger partial charge in [-0.15, -0.1) is 0 Å². The van der Waals surface area contributed by atoms with Crippen molar-refractivity contribution in [2.45, 2.75) is 65.2 Å². The normalized spacial score (nSPS) is 21.8. The number of carbonyl (C=O) groups is 2. The average molecular weight is 476 g/mol. The molecule has 0 amide bonds. The quantitative estimate of drug-likeness (QED) is 0.466. The zero-order valence-electron chi connectivity index (χ0n) is 20.7. The lowest BCUT2D eigenvalue weighted by atomic mass is 9.69. The maximum atomic E-state index is 12.9. The Morgan fingerprint density at radius 3 is 2.37 bits per heavy atom. The molecule has 2 aromatic carbocycles. The zero-order valence-corrected chi connectivity index (χ0v) is 20.7. The lowest BCUT2D eigenvalue weighted by molar-refractivity contribution is -0.139. The molecule has 0 bridgehead atoms. The van der Waals surface area contributed by atoms with Gasteiger partial charge in [-0.3, -0.25) is 9.59 Å². The molecule has 1 aliphatic heterocycles. The lowest BCUT2D eigenvalue weighted by Crippen LogP contribution is -2.26. The van der Waals surface area contributed by atoms with E-state index in [2.05, 4.69) is 26.8 Å². The molecule has 2 aliphatic rings. The van der Waals surface area contributed by atoms with Crippen LogP contribution in [0.5, 0.6) is 17.2 Å². The molecule has 1 fully saturated rings. The summed E-state index contributed by atoms with van der Waals surface area (Å²) in [6, 6.07) is 12.2. The number of ketones is 1. The van der Waals surface area contributed by atoms with Gasteiger partial charge in [0.1, 0.15) is 23.3 Å². The number of hydrogen-bond donors (Lipinski definition) is 1. The third kappa shape index (κ3) is 5.67. The third-order valence-electron chi connectivity index (χ3n) is 7.52. The Hall–Kier alpha value is -3.33. The van der Waals surface area contributed by atoms with Gasteiger partial charge >= 0.3 is 5.97 Å². The summed E-state index contributed by atoms with van der Waals surface area (Å²) < 4.78 is 11.6. The van der Waals surface area contributed by atoms with E-state index in [9.17, 15) is 20.0 Å². The topological polar surface area (TPSA) is 96.6 Å². The molecule has 1 unspecified atom stereocenters. The highest BCUT2D eigenvalue weighted by atomic mass is 16.5. The van der Waals surface area contributed by atoms with Gasteiger partial charge in [-0.2, -0.15) is 5.26 Å². The molecule has 1 atom stereocenters. The van der Waals surface area contributed by atoms with Crippen LogP contribution in [0.3, 0.4) is 0 Å². The molecule has 184 valence electrons. The van der Waals surface area contributed by atoms with Crippen LogP contribution < -0.4 is 9.47 Å². The van der Waals surface area contributed by atoms with E-state index in [1.165, 1.54) is 18.9 Å². The highest BCUT2D eigenvalue weighted by Crippen LogP contribution is 2.42. The van der Waals surface area contributed by atoms with E-state index in [1.807, 2.05) is 0 Å². The van der Waals surface area contributed by atoms with Crippen LogP contribution in [0.25, 0.3) is 0 Å². The van der Waals surface area contributed by atoms with E-state index in [0.29, 0.717) is 59.2 Å². The third-order valence-corrected chi connectivity index (χ3v) is 7.52. The van der Waals surface area contributed by atoms with Crippen molar-refractivity contribution in [3.05, 3.63) is 53.1 Å². The Morgan fingerprint density at radius 1 is 1.09 bits per heavy atom. The SMILES string of the molecule is CC(C)(C)C1CCC(CC(=O)c2ccc(Oc3cc4c(cc3C#N)C(C(=O)O)CCO4)cc2)CC1. The van der Waals surface area contributed by atoms with Crippen LogP contribution >= 0.6 is 0 Å². The maximum Gasteiger partial charge on any atom is 0.311 e. The Labute approximate surface area is 206 Å². The molecule has 6 nitrogen and oxygen atoms in total. The number of fused-ring (bicyclic) bond motifs is 1. The summed E-state index contributed by atoms with van der Waals surface area (Å²) in [5, 5.41) is 19.1. The molecular formula is C29H33NO5. The fraction of sp³-hybridized carbons (Fsp3) is 0.483. The minimum absolute atomic E-state index is 0.148. The standard InChI is InChI=1S/C29H33NO5/c1-29(2,3)21-8-4-18(5-9-21)14-25(31)19-6-10-22(11-7-19)35-26-16-27-24(15-20(26)17-30)23(28(32)33)12-13-34-27/h6-7,10-11,15-16,18,21,23H,4-5,8-9,12-14H2,1-3H3,(H,32,33). The summed E-state index contributed by atoms with van der Waals surface area (Å²) in [7, 11) is 0. The van der Waals surface area contributed by atoms with E-state index in [-0.39, 0.29) is 11.3 Å². The van der Waals surface area contributed by atoms with E-state index in [0.717, 1.165) is 18.8 Å². The van der Waals surface area contributed by atoms with Gasteiger partial charge < -0.3 is 14.6 Å². The first-order valence-electron chi connectivity index (χ1n) is 12.4. The number of Topliss-reactive ketones (excluding diaryl/α,β-unsaturated/α-hetero) is 1. The molecule has 1 heterocycles. The van der Waals surface area contributed by atoms with E-state index >= 15 is 0 Å². The van der Waals surface area contributed by atoms with Crippen molar-refractivity contribution in [2.75, 3.05) is 6.61 Å². The van der Waals surface area contributed by atoms with Crippen LogP contribution in [-0.4, -0.2) is 23.5 Å². The van der Waals surface area contributed by atoms with Crippen molar-refractivity contribution in [3.8, 4) is 23.3 Å². The number of carbonyl (C=O) groups excluding carboxylic acids is 1. The molecular weight excluding hydrogens is 442 g/mol. The number of aliphatic carboxylic acids is 1. The number of benzene rings is 2. The van der Waals surface area contributed by atoms with Crippen molar-refractivity contribution in [2.24, 2.45) is 17.3 Å². The van der Waals surface area contributed by atoms with Gasteiger partial charge in [-0.25, -0.2) is 0 Å². The summed E-state index contributed by atoms with van der Waals surface area (Å²) in [5.74, 6) is 0.901. The molecule has 1 aliphatic carbocycles. The highest BCUT2D eigenvalue weighted by molar-refractivity contribution is 5.96. The first-order chi connectivity index (χ1) is 16.7. The zero-order chi connectivity index (χ0) is 25.2. The molecule has 0 spiro atoms. The Kier molecular flexibility index (Phi) is 7.16. The Bertz CT molecular complexity index is 1130. The van der Waals surface area contributed by atoms with Gasteiger partial charge in [-0.1, -0.05) is 20.8 Å². The van der Waals surface area contributed by atoms with Crippen molar-refractivity contribution >= 4 is 11.8 Å². The van der Waals surface area contributed by atoms with Crippen molar-refractivity contribution in [1.82, 2.24) is 0 Å². The van der Waals surface area contributed by atoms with Crippen LogP contribution in [0.1, 0.15) is 86.7 Å². The number of rotatable bonds is 6. The van der Waals surface area contributed by atoms with Gasteiger partial charge in [0.05, 0.1) is 18.1 Å². The number of ether oxygens (including phenoxy) is 2. The Morgan fingerprint density at radius 2 is 1.77 bits per heavy atom. The smallest absolute Gasteiger partial charge is 0.311 e. The number of nitrogens with zero attached hydrogens (tertiary/aromatic N) is 1. The van der Waals surface area contributed by atoms with Gasteiger partial charge in [0.2, 0.25) is 0 Å². The molecule has 6 heteroatoms. The monoisotopic (exact) mass is 475 g/mol. The van der Waals surface area contributed by atoms with Crippen molar-refractivity contribution in [3.63, 3.8) is 0 Å². The van der Waals surface area contributed by atoms with E-state index in [1.54, 1.807) is 30.3 Å². The summed E-state index contributed by atoms with van der Waals surface area (Å²) in [6.45, 7) is 7.20. The largest absolute Gasteiger partial charge is 0.493 e. The molecule has 2 aromatic rings. The first kappa shape index (κ1) is 24.8. The van der Waals surface area contributed by atoms with E-state index < -0.39 is 11.9 Å². The lowest BCUT2D eigenvalue weighted by Gasteiger charge is -2.36. The summed E-state index contributed by atoms with van der Waals surface area (Å²) in [6.07, 6.45) is 5.52. The summed E-state index contributed by atoms with van der Waals surface area (Å²) in [5.41, 5.74) is 1.73. The Balaban J connectivity index is 1.41. The van der Waals surface area contributed by atoms with Crippen LogP contribution in [0, 0.1) is 28.6 Å². The first-order valence-corrected chi connectivity index (χ1v) is 12.4. The summed E-state index contributed by atoms with van der Waals surface area (Å²) >= 11 is 0. The second-order valence-electron chi connectivity index (χ2n) is 10.9. The molecule has 1 N–H and O–H groups in total. The van der Waals surface area contributed by atoms with Gasteiger partial charge in [-0.05, 0) is 79.7 Å². The van der Waals surface area contributed by atoms with Gasteiger partial charge in [0.25, 0.3) is 0 Å². The molecule has 1 saturated carbocycles. The van der Waals surface area contributed by atoms with Crippen LogP contribution in [0.2, 0.25) is 0 Å². The minimum Gasteiger partial charge on any atom is -0.493 e. The van der Waals surface area contributed by atoms with Crippen LogP contribution in [0.4, 0.5) is 0 Å². The predicted octanol–water partition coefficient (Wildman–Crippen LogP) is 6.73. The minimum atomic E-state index is -0.936. The fourth-order valence-corrected chi connectivity index (χ4v) is 5.29. The number of carboxylic acid groups (broad SMARTS) is 1. The van der Waals surface area contributed by atoms with Crippen LogP contribution in [0.15, 0.2) is 36.4 Å². The number of nitriles is 1. The molecule has 35 heavy (non-hydrogen) atoms. The predicted molar refractivity (Wildman–Crippen MR) is 132 cm³/mol. The van der Waals surface area contributed by atoms with Gasteiger partial charge in [0, 0.05) is 23.6 Å². The summed E-state index contributed by atoms with van der Waals surface area (Å²) in [4.78, 5) is 24.4. The van der Waals surface area contributed by atoms with Crippen LogP contribution in [-0.2, 0) is 4.79 Å². The van der Waals surface area contributed by atoms with Crippen molar-refractivity contribution in [1.29, 1.82) is 5.26 Å². The van der Waals surface area contributed by atoms with Gasteiger partial charge in [0.15, 0.2) is 5.78 Å². The number of hydrogen-bond acceptors (Lipinski definition) is 5. The van der Waals surface area contributed by atoms with E-state index in [4.69, 9.17) is 9.47 Å². The number of carboxylic acids is 1.